The van der Waals surface area contributed by atoms with Crippen molar-refractivity contribution in [3.05, 3.63) is 27.7 Å². The monoisotopic (exact) mass is 290 g/mol. The molecule has 0 bridgehead atoms. The highest BCUT2D eigenvalue weighted by atomic mass is 32.1. The second-order valence-corrected chi connectivity index (χ2v) is 6.04. The van der Waals surface area contributed by atoms with Crippen LogP contribution in [-0.4, -0.2) is 21.7 Å². The molecule has 0 fully saturated rings. The van der Waals surface area contributed by atoms with Crippen LogP contribution in [0.25, 0.3) is 10.6 Å². The van der Waals surface area contributed by atoms with Gasteiger partial charge in [0.2, 0.25) is 5.13 Å². The quantitative estimate of drug-likeness (QED) is 0.908. The lowest BCUT2D eigenvalue weighted by molar-refractivity contribution is 0.665. The Balaban J connectivity index is 1.93. The van der Waals surface area contributed by atoms with Gasteiger partial charge >= 0.3 is 0 Å². The van der Waals surface area contributed by atoms with Gasteiger partial charge in [-0.3, -0.25) is 4.79 Å². The molecule has 0 radical (unpaired) electrons. The Morgan fingerprint density at radius 3 is 3.05 bits per heavy atom. The first kappa shape index (κ1) is 13.3. The van der Waals surface area contributed by atoms with Crippen LogP contribution >= 0.6 is 11.3 Å². The van der Waals surface area contributed by atoms with Crippen LogP contribution in [0.3, 0.4) is 0 Å². The van der Waals surface area contributed by atoms with Gasteiger partial charge in [0.15, 0.2) is 5.01 Å². The molecule has 2 N–H and O–H groups in total. The summed E-state index contributed by atoms with van der Waals surface area (Å²) < 4.78 is 0. The minimum absolute atomic E-state index is 0.0520. The molecule has 0 aliphatic heterocycles. The fraction of sp³-hybridized carbons (Fsp3) is 0.500. The Morgan fingerprint density at radius 1 is 1.35 bits per heavy atom. The third-order valence-electron chi connectivity index (χ3n) is 3.52. The molecular formula is C14H18N4OS. The van der Waals surface area contributed by atoms with Crippen LogP contribution in [0, 0.1) is 0 Å². The summed E-state index contributed by atoms with van der Waals surface area (Å²) in [6.45, 7) is 2.97. The van der Waals surface area contributed by atoms with Gasteiger partial charge in [0.1, 0.15) is 0 Å². The van der Waals surface area contributed by atoms with E-state index in [1.807, 2.05) is 6.07 Å². The molecule has 0 unspecified atom stereocenters. The lowest BCUT2D eigenvalue weighted by Crippen LogP contribution is -2.16. The van der Waals surface area contributed by atoms with E-state index in [1.165, 1.54) is 23.3 Å². The number of hydrogen-bond donors (Lipinski definition) is 2. The van der Waals surface area contributed by atoms with Gasteiger partial charge in [-0.15, -0.1) is 10.2 Å². The molecule has 3 rings (SSSR count). The number of aromatic amines is 1. The van der Waals surface area contributed by atoms with Crippen LogP contribution in [-0.2, 0) is 12.8 Å². The van der Waals surface area contributed by atoms with E-state index in [2.05, 4.69) is 27.4 Å². The summed E-state index contributed by atoms with van der Waals surface area (Å²) in [7, 11) is 0. The molecule has 0 saturated carbocycles. The number of H-pyrrole nitrogens is 1. The normalized spacial score (nSPS) is 14.1. The van der Waals surface area contributed by atoms with Gasteiger partial charge in [0.05, 0.1) is 5.56 Å². The van der Waals surface area contributed by atoms with Gasteiger partial charge in [-0.05, 0) is 43.7 Å². The van der Waals surface area contributed by atoms with Crippen molar-refractivity contribution in [3.63, 3.8) is 0 Å². The molecule has 1 aliphatic carbocycles. The first-order chi connectivity index (χ1) is 9.78. The number of nitrogens with one attached hydrogen (secondary N) is 2. The highest BCUT2D eigenvalue weighted by Crippen LogP contribution is 2.27. The Hall–Kier alpha value is -1.69. The van der Waals surface area contributed by atoms with E-state index in [-0.39, 0.29) is 5.56 Å². The zero-order chi connectivity index (χ0) is 13.9. The lowest BCUT2D eigenvalue weighted by atomic mass is 9.95. The summed E-state index contributed by atoms with van der Waals surface area (Å²) in [6, 6.07) is 2.00. The maximum absolute atomic E-state index is 12.2. The predicted molar refractivity (Wildman–Crippen MR) is 81.4 cm³/mol. The van der Waals surface area contributed by atoms with Crippen LogP contribution < -0.4 is 10.9 Å². The number of pyridine rings is 1. The summed E-state index contributed by atoms with van der Waals surface area (Å²) >= 11 is 1.44. The molecule has 20 heavy (non-hydrogen) atoms. The van der Waals surface area contributed by atoms with Crippen molar-refractivity contribution in [1.82, 2.24) is 15.2 Å². The summed E-state index contributed by atoms with van der Waals surface area (Å²) in [5.41, 5.74) is 2.94. The maximum Gasteiger partial charge on any atom is 0.258 e. The maximum atomic E-state index is 12.2. The molecule has 2 aromatic rings. The van der Waals surface area contributed by atoms with E-state index >= 15 is 0 Å². The number of fused-ring (bicyclic) bond motifs is 1. The SMILES string of the molecule is CCCNc1nnc(-c2cc3c([nH]c2=O)CCCC3)s1. The Bertz CT molecular complexity index is 661. The summed E-state index contributed by atoms with van der Waals surface area (Å²) in [4.78, 5) is 15.2. The van der Waals surface area contributed by atoms with Crippen molar-refractivity contribution in [2.75, 3.05) is 11.9 Å². The van der Waals surface area contributed by atoms with Gasteiger partial charge in [0.25, 0.3) is 5.56 Å². The Kier molecular flexibility index (Phi) is 3.82. The smallest absolute Gasteiger partial charge is 0.258 e. The Labute approximate surface area is 121 Å². The average molecular weight is 290 g/mol. The number of aryl methyl sites for hydroxylation is 2. The van der Waals surface area contributed by atoms with Crippen molar-refractivity contribution in [2.24, 2.45) is 0 Å². The number of hydrogen-bond acceptors (Lipinski definition) is 5. The number of nitrogens with zero attached hydrogens (tertiary/aromatic N) is 2. The molecule has 1 aliphatic rings. The third kappa shape index (κ3) is 2.60. The minimum atomic E-state index is -0.0520. The van der Waals surface area contributed by atoms with E-state index in [9.17, 15) is 4.79 Å². The van der Waals surface area contributed by atoms with Crippen molar-refractivity contribution in [2.45, 2.75) is 39.0 Å². The van der Waals surface area contributed by atoms with Gasteiger partial charge in [-0.2, -0.15) is 0 Å². The number of rotatable bonds is 4. The molecule has 5 nitrogen and oxygen atoms in total. The van der Waals surface area contributed by atoms with E-state index in [4.69, 9.17) is 0 Å². The fourth-order valence-electron chi connectivity index (χ4n) is 2.47. The summed E-state index contributed by atoms with van der Waals surface area (Å²) in [6.07, 6.45) is 5.40. The highest BCUT2D eigenvalue weighted by molar-refractivity contribution is 7.18. The zero-order valence-corrected chi connectivity index (χ0v) is 12.3. The molecule has 0 saturated heterocycles. The molecule has 2 aromatic heterocycles. The van der Waals surface area contributed by atoms with Gasteiger partial charge < -0.3 is 10.3 Å². The molecule has 0 amide bonds. The number of aromatic nitrogens is 3. The zero-order valence-electron chi connectivity index (χ0n) is 11.5. The van der Waals surface area contributed by atoms with E-state index in [1.54, 1.807) is 0 Å². The van der Waals surface area contributed by atoms with Crippen molar-refractivity contribution < 1.29 is 0 Å². The van der Waals surface area contributed by atoms with Gasteiger partial charge in [-0.25, -0.2) is 0 Å². The van der Waals surface area contributed by atoms with E-state index in [0.29, 0.717) is 10.6 Å². The third-order valence-corrected chi connectivity index (χ3v) is 4.43. The molecule has 106 valence electrons. The highest BCUT2D eigenvalue weighted by Gasteiger charge is 2.16. The standard InChI is InChI=1S/C14H18N4OS/c1-2-7-15-14-18-17-13(20-14)10-8-9-5-3-4-6-11(9)16-12(10)19/h8H,2-7H2,1H3,(H,15,18)(H,16,19). The fourth-order valence-corrected chi connectivity index (χ4v) is 3.25. The first-order valence-electron chi connectivity index (χ1n) is 7.10. The van der Waals surface area contributed by atoms with Crippen LogP contribution in [0.4, 0.5) is 5.13 Å². The molecular weight excluding hydrogens is 272 g/mol. The topological polar surface area (TPSA) is 70.7 Å². The molecule has 0 aromatic carbocycles. The van der Waals surface area contributed by atoms with Crippen LogP contribution in [0.2, 0.25) is 0 Å². The van der Waals surface area contributed by atoms with Crippen molar-refractivity contribution in [1.29, 1.82) is 0 Å². The van der Waals surface area contributed by atoms with E-state index in [0.717, 1.165) is 43.1 Å². The molecule has 0 spiro atoms. The molecule has 6 heteroatoms. The largest absolute Gasteiger partial charge is 0.360 e. The van der Waals surface area contributed by atoms with Crippen LogP contribution in [0.15, 0.2) is 10.9 Å². The van der Waals surface area contributed by atoms with Crippen molar-refractivity contribution in [3.8, 4) is 10.6 Å². The minimum Gasteiger partial charge on any atom is -0.360 e. The predicted octanol–water partition coefficient (Wildman–Crippen LogP) is 2.59. The Morgan fingerprint density at radius 2 is 2.20 bits per heavy atom. The lowest BCUT2D eigenvalue weighted by Gasteiger charge is -2.15. The second kappa shape index (κ2) is 5.75. The molecule has 2 heterocycles. The first-order valence-corrected chi connectivity index (χ1v) is 7.92. The number of anilines is 1. The summed E-state index contributed by atoms with van der Waals surface area (Å²) in [5.74, 6) is 0. The van der Waals surface area contributed by atoms with Crippen molar-refractivity contribution >= 4 is 16.5 Å². The van der Waals surface area contributed by atoms with E-state index < -0.39 is 0 Å². The van der Waals surface area contributed by atoms with Gasteiger partial charge in [0, 0.05) is 12.2 Å². The van der Waals surface area contributed by atoms with Crippen LogP contribution in [0.1, 0.15) is 37.4 Å². The second-order valence-electron chi connectivity index (χ2n) is 5.06. The summed E-state index contributed by atoms with van der Waals surface area (Å²) in [5, 5.41) is 12.9. The van der Waals surface area contributed by atoms with Crippen LogP contribution in [0.5, 0.6) is 0 Å². The molecule has 0 atom stereocenters. The average Bonchev–Trinajstić information content (AvgIpc) is 2.93. The van der Waals surface area contributed by atoms with Gasteiger partial charge in [-0.1, -0.05) is 18.3 Å².